The molecule has 5 rings (SSSR count). The number of pyridine rings is 2. The van der Waals surface area contributed by atoms with Crippen LogP contribution in [-0.2, 0) is 6.42 Å². The van der Waals surface area contributed by atoms with E-state index >= 15 is 0 Å². The molecule has 0 amide bonds. The number of rotatable bonds is 6. The van der Waals surface area contributed by atoms with Crippen molar-refractivity contribution in [2.75, 3.05) is 11.1 Å². The number of anilines is 2. The van der Waals surface area contributed by atoms with Gasteiger partial charge in [0.2, 0.25) is 0 Å². The molecule has 0 unspecified atom stereocenters. The molecule has 0 saturated heterocycles. The van der Waals surface area contributed by atoms with Crippen molar-refractivity contribution in [1.29, 1.82) is 0 Å². The van der Waals surface area contributed by atoms with Crippen LogP contribution in [0.2, 0.25) is 0 Å². The van der Waals surface area contributed by atoms with Gasteiger partial charge in [0.1, 0.15) is 16.9 Å². The van der Waals surface area contributed by atoms with Gasteiger partial charge in [0, 0.05) is 47.9 Å². The summed E-state index contributed by atoms with van der Waals surface area (Å²) in [7, 11) is 0. The van der Waals surface area contributed by atoms with Crippen LogP contribution in [0.5, 0.6) is 0 Å². The molecule has 0 spiro atoms. The Morgan fingerprint density at radius 2 is 2.06 bits per heavy atom. The summed E-state index contributed by atoms with van der Waals surface area (Å²) >= 11 is 0. The summed E-state index contributed by atoms with van der Waals surface area (Å²) in [5.41, 5.74) is 10.3. The summed E-state index contributed by atoms with van der Waals surface area (Å²) in [5, 5.41) is 17.9. The number of hydrogen-bond acceptors (Lipinski definition) is 8. The number of fused-ring (bicyclic) bond motifs is 1. The number of nitrogens with two attached hydrogens (primary N) is 1. The normalized spacial score (nSPS) is 18.0. The number of nitrogens with one attached hydrogen (secondary N) is 1. The van der Waals surface area contributed by atoms with Crippen LogP contribution in [0.1, 0.15) is 51.8 Å². The van der Waals surface area contributed by atoms with Crippen molar-refractivity contribution in [2.45, 2.75) is 64.6 Å². The second-order valence-electron chi connectivity index (χ2n) is 9.33. The molecule has 4 aromatic rings. The van der Waals surface area contributed by atoms with Gasteiger partial charge < -0.3 is 20.7 Å². The fourth-order valence-corrected chi connectivity index (χ4v) is 4.60. The van der Waals surface area contributed by atoms with Crippen molar-refractivity contribution in [3.8, 4) is 16.8 Å². The van der Waals surface area contributed by atoms with E-state index in [9.17, 15) is 9.90 Å². The molecule has 1 fully saturated rings. The van der Waals surface area contributed by atoms with Crippen LogP contribution >= 0.6 is 0 Å². The number of nitrogen functional groups attached to an aromatic ring is 1. The summed E-state index contributed by atoms with van der Waals surface area (Å²) in [6.07, 6.45) is 9.78. The van der Waals surface area contributed by atoms with Gasteiger partial charge in [0.25, 0.3) is 5.56 Å². The molecule has 35 heavy (non-hydrogen) atoms. The molecule has 4 heterocycles. The molecule has 1 aliphatic rings. The van der Waals surface area contributed by atoms with E-state index < -0.39 is 0 Å². The Kier molecular flexibility index (Phi) is 5.98. The van der Waals surface area contributed by atoms with E-state index in [1.54, 1.807) is 33.9 Å². The second-order valence-corrected chi connectivity index (χ2v) is 9.33. The lowest BCUT2D eigenvalue weighted by molar-refractivity contribution is 0.182. The quantitative estimate of drug-likeness (QED) is 0.388. The second kappa shape index (κ2) is 9.10. The minimum absolute atomic E-state index is 0.0823. The standard InChI is InChI=1S/C25H30N8O2/c1-4-20-25(29-16-5-6-18(34)9-16)31-22-19(12-27-24(26)23(22)30-20)15-11-28-33(13-15)17-7-8-32(14(2)3)21(35)10-17/h7-8,10-14,16,18,34H,4-6,9H2,1-3H3,(H2,26,27)(H,29,31)/t16-,18+/m1/s1. The van der Waals surface area contributed by atoms with Gasteiger partial charge in [-0.05, 0) is 45.6 Å². The third-order valence-corrected chi connectivity index (χ3v) is 6.53. The highest BCUT2D eigenvalue weighted by Crippen LogP contribution is 2.32. The lowest BCUT2D eigenvalue weighted by Crippen LogP contribution is -2.21. The van der Waals surface area contributed by atoms with Crippen molar-refractivity contribution in [1.82, 2.24) is 29.3 Å². The van der Waals surface area contributed by atoms with Gasteiger partial charge in [0.15, 0.2) is 5.82 Å². The van der Waals surface area contributed by atoms with Crippen LogP contribution in [0.3, 0.4) is 0 Å². The molecule has 4 N–H and O–H groups in total. The van der Waals surface area contributed by atoms with Gasteiger partial charge in [0.05, 0.1) is 23.7 Å². The molecule has 1 saturated carbocycles. The fourth-order valence-electron chi connectivity index (χ4n) is 4.60. The number of aliphatic hydroxyl groups is 1. The van der Waals surface area contributed by atoms with Crippen LogP contribution in [0.15, 0.2) is 41.7 Å². The SMILES string of the molecule is CCc1nc2c(N)ncc(-c3cnn(-c4ccn(C(C)C)c(=O)c4)c3)c2nc1N[C@@H]1CC[C@H](O)C1. The Labute approximate surface area is 202 Å². The maximum Gasteiger partial charge on any atom is 0.252 e. The molecular weight excluding hydrogens is 444 g/mol. The highest BCUT2D eigenvalue weighted by Gasteiger charge is 2.24. The molecule has 0 radical (unpaired) electrons. The monoisotopic (exact) mass is 474 g/mol. The first-order valence-corrected chi connectivity index (χ1v) is 12.0. The van der Waals surface area contributed by atoms with E-state index in [0.29, 0.717) is 41.2 Å². The molecule has 0 aromatic carbocycles. The Morgan fingerprint density at radius 3 is 2.74 bits per heavy atom. The average molecular weight is 475 g/mol. The first-order valence-electron chi connectivity index (χ1n) is 12.0. The van der Waals surface area contributed by atoms with Crippen molar-refractivity contribution in [3.05, 3.63) is 53.0 Å². The lowest BCUT2D eigenvalue weighted by atomic mass is 10.1. The van der Waals surface area contributed by atoms with Crippen molar-refractivity contribution < 1.29 is 5.11 Å². The van der Waals surface area contributed by atoms with E-state index in [4.69, 9.17) is 15.7 Å². The summed E-state index contributed by atoms with van der Waals surface area (Å²) in [6, 6.07) is 3.67. The molecule has 182 valence electrons. The van der Waals surface area contributed by atoms with E-state index in [-0.39, 0.29) is 23.7 Å². The Bertz CT molecular complexity index is 1440. The van der Waals surface area contributed by atoms with Gasteiger partial charge in [-0.2, -0.15) is 5.10 Å². The van der Waals surface area contributed by atoms with Gasteiger partial charge in [-0.3, -0.25) is 4.79 Å². The van der Waals surface area contributed by atoms with Crippen LogP contribution in [-0.4, -0.2) is 46.6 Å². The summed E-state index contributed by atoms with van der Waals surface area (Å²) < 4.78 is 3.33. The highest BCUT2D eigenvalue weighted by atomic mass is 16.3. The summed E-state index contributed by atoms with van der Waals surface area (Å²) in [6.45, 7) is 5.96. The highest BCUT2D eigenvalue weighted by molar-refractivity contribution is 5.96. The van der Waals surface area contributed by atoms with Crippen molar-refractivity contribution in [2.24, 2.45) is 0 Å². The van der Waals surface area contributed by atoms with Gasteiger partial charge >= 0.3 is 0 Å². The Morgan fingerprint density at radius 1 is 1.23 bits per heavy atom. The molecule has 0 aliphatic heterocycles. The van der Waals surface area contributed by atoms with E-state index in [1.807, 2.05) is 33.0 Å². The van der Waals surface area contributed by atoms with Gasteiger partial charge in [-0.15, -0.1) is 0 Å². The maximum absolute atomic E-state index is 12.5. The molecule has 1 aliphatic carbocycles. The van der Waals surface area contributed by atoms with Crippen LogP contribution in [0.4, 0.5) is 11.6 Å². The zero-order chi connectivity index (χ0) is 24.7. The molecule has 10 nitrogen and oxygen atoms in total. The molecule has 0 bridgehead atoms. The Balaban J connectivity index is 1.56. The topological polar surface area (TPSA) is 137 Å². The minimum atomic E-state index is -0.283. The zero-order valence-electron chi connectivity index (χ0n) is 20.1. The molecule has 4 aromatic heterocycles. The van der Waals surface area contributed by atoms with E-state index in [0.717, 1.165) is 29.7 Å². The van der Waals surface area contributed by atoms with Crippen molar-refractivity contribution in [3.63, 3.8) is 0 Å². The first kappa shape index (κ1) is 23.0. The number of aromatic nitrogens is 6. The molecular formula is C25H30N8O2. The largest absolute Gasteiger partial charge is 0.393 e. The minimum Gasteiger partial charge on any atom is -0.393 e. The zero-order valence-corrected chi connectivity index (χ0v) is 20.1. The fraction of sp³-hybridized carbons (Fsp3) is 0.400. The first-order chi connectivity index (χ1) is 16.8. The average Bonchev–Trinajstić information content (AvgIpc) is 3.48. The summed E-state index contributed by atoms with van der Waals surface area (Å²) in [5.74, 6) is 1.02. The smallest absolute Gasteiger partial charge is 0.252 e. The number of aliphatic hydroxyl groups excluding tert-OH is 1. The Hall–Kier alpha value is -3.79. The van der Waals surface area contributed by atoms with Crippen LogP contribution < -0.4 is 16.6 Å². The van der Waals surface area contributed by atoms with Crippen LogP contribution in [0, 0.1) is 0 Å². The third-order valence-electron chi connectivity index (χ3n) is 6.53. The van der Waals surface area contributed by atoms with Crippen LogP contribution in [0.25, 0.3) is 27.8 Å². The van der Waals surface area contributed by atoms with E-state index in [2.05, 4.69) is 15.4 Å². The van der Waals surface area contributed by atoms with E-state index in [1.165, 1.54) is 0 Å². The number of nitrogens with zero attached hydrogens (tertiary/aromatic N) is 6. The molecule has 2 atom stereocenters. The van der Waals surface area contributed by atoms with Crippen molar-refractivity contribution >= 4 is 22.7 Å². The predicted octanol–water partition coefficient (Wildman–Crippen LogP) is 3.09. The predicted molar refractivity (Wildman–Crippen MR) is 136 cm³/mol. The van der Waals surface area contributed by atoms with Gasteiger partial charge in [-0.25, -0.2) is 19.6 Å². The lowest BCUT2D eigenvalue weighted by Gasteiger charge is -2.17. The maximum atomic E-state index is 12.5. The number of aryl methyl sites for hydroxylation is 1. The third kappa shape index (κ3) is 4.37. The van der Waals surface area contributed by atoms with Gasteiger partial charge in [-0.1, -0.05) is 6.92 Å². The molecule has 10 heteroatoms. The summed E-state index contributed by atoms with van der Waals surface area (Å²) in [4.78, 5) is 26.6. The number of hydrogen-bond donors (Lipinski definition) is 3.